The maximum Gasteiger partial charge on any atom is 0.305 e. The van der Waals surface area contributed by atoms with Crippen LogP contribution in [0.1, 0.15) is 194 Å². The summed E-state index contributed by atoms with van der Waals surface area (Å²) in [6.07, 6.45) is 34.2. The van der Waals surface area contributed by atoms with E-state index in [9.17, 15) is 14.7 Å². The van der Waals surface area contributed by atoms with Gasteiger partial charge in [-0.2, -0.15) is 0 Å². The molecule has 7 nitrogen and oxygen atoms in total. The topological polar surface area (TPSA) is 72.8 Å². The Bertz CT molecular complexity index is 710. The van der Waals surface area contributed by atoms with Crippen molar-refractivity contribution in [1.82, 2.24) is 0 Å². The molecule has 298 valence electrons. The van der Waals surface area contributed by atoms with Gasteiger partial charge in [-0.05, 0) is 12.8 Å². The summed E-state index contributed by atoms with van der Waals surface area (Å²) in [5.74, 6) is -0.204. The van der Waals surface area contributed by atoms with Crippen LogP contribution < -0.4 is 0 Å². The number of carbonyl (C=O) groups is 2. The second kappa shape index (κ2) is 33.6. The van der Waals surface area contributed by atoms with Gasteiger partial charge in [0.15, 0.2) is 6.10 Å². The first-order valence-corrected chi connectivity index (χ1v) is 21.6. The van der Waals surface area contributed by atoms with Crippen molar-refractivity contribution in [3.8, 4) is 0 Å². The summed E-state index contributed by atoms with van der Waals surface area (Å²) >= 11 is 0. The van der Waals surface area contributed by atoms with E-state index in [0.717, 1.165) is 25.7 Å². The Labute approximate surface area is 311 Å². The van der Waals surface area contributed by atoms with E-state index in [-0.39, 0.29) is 11.9 Å². The average Bonchev–Trinajstić information content (AvgIpc) is 3.04. The first-order chi connectivity index (χ1) is 24.0. The van der Waals surface area contributed by atoms with Crippen LogP contribution in [0.4, 0.5) is 0 Å². The van der Waals surface area contributed by atoms with E-state index >= 15 is 0 Å². The Morgan fingerprint density at radius 1 is 0.440 bits per heavy atom. The lowest BCUT2D eigenvalue weighted by molar-refractivity contribution is -0.914. The maximum atomic E-state index is 12.2. The van der Waals surface area contributed by atoms with Gasteiger partial charge in [0.1, 0.15) is 39.4 Å². The summed E-state index contributed by atoms with van der Waals surface area (Å²) in [6, 6.07) is 0. The van der Waals surface area contributed by atoms with Crippen LogP contribution >= 0.6 is 0 Å². The van der Waals surface area contributed by atoms with Crippen molar-refractivity contribution in [1.29, 1.82) is 0 Å². The number of aliphatic hydroxyl groups excluding tert-OH is 1. The van der Waals surface area contributed by atoms with Gasteiger partial charge in [-0.1, -0.05) is 168 Å². The van der Waals surface area contributed by atoms with Crippen molar-refractivity contribution in [2.24, 2.45) is 0 Å². The van der Waals surface area contributed by atoms with Crippen molar-refractivity contribution in [2.75, 3.05) is 67.6 Å². The van der Waals surface area contributed by atoms with E-state index in [0.29, 0.717) is 61.2 Å². The fraction of sp³-hybridized carbons (Fsp3) is 0.953. The SMILES string of the molecule is CCCCCCCCCCCCCCCC(=O)OCC[N+](C)(C)CC(O)C[N+](C)(C)CCOC(=O)CCCCCCCCCCCCCCC. The minimum absolute atomic E-state index is 0.102. The average molecular weight is 713 g/mol. The molecule has 7 heteroatoms. The number of unbranched alkanes of at least 4 members (excludes halogenated alkanes) is 24. The number of carbonyl (C=O) groups excluding carboxylic acids is 2. The monoisotopic (exact) mass is 713 g/mol. The number of nitrogens with zero attached hydrogens (tertiary/aromatic N) is 2. The van der Waals surface area contributed by atoms with Crippen molar-refractivity contribution < 1.29 is 33.1 Å². The van der Waals surface area contributed by atoms with Crippen molar-refractivity contribution >= 4 is 11.9 Å². The second-order valence-corrected chi connectivity index (χ2v) is 16.8. The number of hydrogen-bond acceptors (Lipinski definition) is 5. The Morgan fingerprint density at radius 2 is 0.680 bits per heavy atom. The minimum atomic E-state index is -0.497. The first-order valence-electron chi connectivity index (χ1n) is 21.6. The summed E-state index contributed by atoms with van der Waals surface area (Å²) in [6.45, 7) is 7.80. The molecule has 0 aromatic heterocycles. The molecule has 0 heterocycles. The molecule has 0 aromatic rings. The zero-order chi connectivity index (χ0) is 37.2. The predicted molar refractivity (Wildman–Crippen MR) is 212 cm³/mol. The fourth-order valence-electron chi connectivity index (χ4n) is 6.91. The molecular formula is C43H88N2O5+2. The molecule has 0 saturated heterocycles. The third-order valence-corrected chi connectivity index (χ3v) is 10.3. The number of hydrogen-bond donors (Lipinski definition) is 1. The van der Waals surface area contributed by atoms with Crippen LogP contribution in [0.25, 0.3) is 0 Å². The Morgan fingerprint density at radius 3 is 0.940 bits per heavy atom. The van der Waals surface area contributed by atoms with Crippen LogP contribution in [0, 0.1) is 0 Å². The van der Waals surface area contributed by atoms with E-state index in [4.69, 9.17) is 9.47 Å². The largest absolute Gasteiger partial charge is 0.460 e. The van der Waals surface area contributed by atoms with E-state index < -0.39 is 6.10 Å². The van der Waals surface area contributed by atoms with Gasteiger partial charge in [-0.15, -0.1) is 0 Å². The van der Waals surface area contributed by atoms with Gasteiger partial charge in [0, 0.05) is 12.8 Å². The van der Waals surface area contributed by atoms with E-state index in [2.05, 4.69) is 42.0 Å². The molecule has 0 amide bonds. The van der Waals surface area contributed by atoms with Crippen LogP contribution in [0.15, 0.2) is 0 Å². The molecule has 0 aliphatic carbocycles. The molecule has 0 saturated carbocycles. The normalized spacial score (nSPS) is 12.2. The molecule has 0 aliphatic heterocycles. The molecule has 0 bridgehead atoms. The van der Waals surface area contributed by atoms with Crippen molar-refractivity contribution in [2.45, 2.75) is 200 Å². The fourth-order valence-corrected chi connectivity index (χ4v) is 6.91. The first kappa shape index (κ1) is 48.8. The molecule has 0 atom stereocenters. The quantitative estimate of drug-likeness (QED) is 0.0392. The highest BCUT2D eigenvalue weighted by Crippen LogP contribution is 2.15. The Kier molecular flexibility index (Phi) is 32.8. The Balaban J connectivity index is 3.81. The van der Waals surface area contributed by atoms with Gasteiger partial charge < -0.3 is 23.5 Å². The molecule has 1 N–H and O–H groups in total. The van der Waals surface area contributed by atoms with Crippen LogP contribution in [0.2, 0.25) is 0 Å². The van der Waals surface area contributed by atoms with Crippen molar-refractivity contribution in [3.05, 3.63) is 0 Å². The highest BCUT2D eigenvalue weighted by molar-refractivity contribution is 5.69. The molecule has 0 aliphatic rings. The number of quaternary nitrogens is 2. The van der Waals surface area contributed by atoms with E-state index in [1.54, 1.807) is 0 Å². The molecule has 0 radical (unpaired) electrons. The minimum Gasteiger partial charge on any atom is -0.460 e. The molecule has 0 unspecified atom stereocenters. The number of aliphatic hydroxyl groups is 1. The van der Waals surface area contributed by atoms with Gasteiger partial charge in [0.05, 0.1) is 28.2 Å². The third kappa shape index (κ3) is 35.2. The smallest absolute Gasteiger partial charge is 0.305 e. The molecule has 0 spiro atoms. The molecule has 50 heavy (non-hydrogen) atoms. The zero-order valence-corrected chi connectivity index (χ0v) is 34.6. The number of ether oxygens (including phenoxy) is 2. The van der Waals surface area contributed by atoms with Crippen LogP contribution in [0.3, 0.4) is 0 Å². The van der Waals surface area contributed by atoms with Crippen LogP contribution in [-0.2, 0) is 19.1 Å². The van der Waals surface area contributed by atoms with Crippen molar-refractivity contribution in [3.63, 3.8) is 0 Å². The number of esters is 2. The van der Waals surface area contributed by atoms with Gasteiger partial charge in [-0.25, -0.2) is 0 Å². The number of likely N-dealkylation sites (N-methyl/N-ethyl adjacent to an activating group) is 2. The highest BCUT2D eigenvalue weighted by Gasteiger charge is 2.27. The third-order valence-electron chi connectivity index (χ3n) is 10.3. The van der Waals surface area contributed by atoms with E-state index in [1.807, 2.05) is 0 Å². The zero-order valence-electron chi connectivity index (χ0n) is 34.6. The lowest BCUT2D eigenvalue weighted by atomic mass is 10.0. The summed E-state index contributed by atoms with van der Waals surface area (Å²) in [5, 5.41) is 10.9. The van der Waals surface area contributed by atoms with Crippen LogP contribution in [-0.4, -0.2) is 99.7 Å². The molecule has 0 fully saturated rings. The van der Waals surface area contributed by atoms with Gasteiger partial charge >= 0.3 is 11.9 Å². The highest BCUT2D eigenvalue weighted by atomic mass is 16.5. The molecular weight excluding hydrogens is 624 g/mol. The summed E-state index contributed by atoms with van der Waals surface area (Å²) in [5.41, 5.74) is 0. The standard InChI is InChI=1S/C43H88N2O5/c1-7-9-11-13-15-17-19-21-23-25-27-29-31-33-42(47)49-37-35-44(3,4)39-41(46)40-45(5,6)36-38-50-43(48)34-32-30-28-26-24-22-20-18-16-14-12-10-8-2/h41,46H,7-40H2,1-6H3/q+2. The van der Waals surface area contributed by atoms with Gasteiger partial charge in [0.2, 0.25) is 0 Å². The Hall–Kier alpha value is -1.18. The van der Waals surface area contributed by atoms with Crippen LogP contribution in [0.5, 0.6) is 0 Å². The second-order valence-electron chi connectivity index (χ2n) is 16.8. The number of rotatable bonds is 38. The lowest BCUT2D eigenvalue weighted by Crippen LogP contribution is -2.54. The predicted octanol–water partition coefficient (Wildman–Crippen LogP) is 10.5. The van der Waals surface area contributed by atoms with Gasteiger partial charge in [0.25, 0.3) is 0 Å². The van der Waals surface area contributed by atoms with Gasteiger partial charge in [-0.3, -0.25) is 9.59 Å². The summed E-state index contributed by atoms with van der Waals surface area (Å²) in [4.78, 5) is 24.5. The summed E-state index contributed by atoms with van der Waals surface area (Å²) in [7, 11) is 8.28. The lowest BCUT2D eigenvalue weighted by Gasteiger charge is -2.35. The molecule has 0 aromatic carbocycles. The summed E-state index contributed by atoms with van der Waals surface area (Å²) < 4.78 is 12.2. The maximum absolute atomic E-state index is 12.2. The van der Waals surface area contributed by atoms with E-state index in [1.165, 1.54) is 141 Å². The molecule has 0 rings (SSSR count).